The Labute approximate surface area is 190 Å². The Morgan fingerprint density at radius 1 is 1.19 bits per heavy atom. The average molecular weight is 443 g/mol. The Hall–Kier alpha value is -2.74. The van der Waals surface area contributed by atoms with Crippen molar-refractivity contribution < 1.29 is 19.4 Å². The van der Waals surface area contributed by atoms with Crippen LogP contribution in [0.25, 0.3) is 11.3 Å². The fourth-order valence-electron chi connectivity index (χ4n) is 3.95. The van der Waals surface area contributed by atoms with Crippen LogP contribution in [0.2, 0.25) is 0 Å². The van der Waals surface area contributed by atoms with Crippen molar-refractivity contribution in [2.24, 2.45) is 5.41 Å². The highest BCUT2D eigenvalue weighted by molar-refractivity contribution is 5.85. The third kappa shape index (κ3) is 5.35. The van der Waals surface area contributed by atoms with Crippen molar-refractivity contribution in [2.45, 2.75) is 66.1 Å². The standard InChI is InChI=1S/C24H34N4O4/c1-15-19(21(22(29)30)32-23(2,3)4)20(28-12-10-24(5,6)11-13-28)16(14-25-15)17-8-9-18(31-7)27-26-17/h8-9,14,21H,10-13H2,1-7H3,(H,29,30)/t21-/m0/s1. The zero-order chi connectivity index (χ0) is 23.7. The zero-order valence-corrected chi connectivity index (χ0v) is 20.1. The highest BCUT2D eigenvalue weighted by atomic mass is 16.5. The molecule has 0 saturated carbocycles. The summed E-state index contributed by atoms with van der Waals surface area (Å²) >= 11 is 0. The van der Waals surface area contributed by atoms with Crippen LogP contribution in [0.4, 0.5) is 5.69 Å². The Bertz CT molecular complexity index is 957. The van der Waals surface area contributed by atoms with E-state index in [0.29, 0.717) is 22.8 Å². The minimum Gasteiger partial charge on any atom is -0.480 e. The van der Waals surface area contributed by atoms with Crippen LogP contribution in [-0.2, 0) is 9.53 Å². The largest absolute Gasteiger partial charge is 0.480 e. The van der Waals surface area contributed by atoms with Crippen LogP contribution in [0.15, 0.2) is 18.3 Å². The number of methoxy groups -OCH3 is 1. The summed E-state index contributed by atoms with van der Waals surface area (Å²) < 4.78 is 11.2. The van der Waals surface area contributed by atoms with E-state index in [1.165, 1.54) is 7.11 Å². The van der Waals surface area contributed by atoms with Gasteiger partial charge >= 0.3 is 5.97 Å². The van der Waals surface area contributed by atoms with Crippen LogP contribution in [0.5, 0.6) is 5.88 Å². The third-order valence-electron chi connectivity index (χ3n) is 5.80. The molecule has 1 N–H and O–H groups in total. The van der Waals surface area contributed by atoms with Gasteiger partial charge in [0.25, 0.3) is 0 Å². The van der Waals surface area contributed by atoms with E-state index < -0.39 is 17.7 Å². The van der Waals surface area contributed by atoms with Gasteiger partial charge in [0.2, 0.25) is 5.88 Å². The van der Waals surface area contributed by atoms with Crippen molar-refractivity contribution >= 4 is 11.7 Å². The summed E-state index contributed by atoms with van der Waals surface area (Å²) in [6.07, 6.45) is 2.60. The lowest BCUT2D eigenvalue weighted by Gasteiger charge is -2.40. The van der Waals surface area contributed by atoms with E-state index in [0.717, 1.165) is 37.2 Å². The van der Waals surface area contributed by atoms with Gasteiger partial charge in [-0.2, -0.15) is 0 Å². The number of aromatic nitrogens is 3. The highest BCUT2D eigenvalue weighted by Gasteiger charge is 2.36. The third-order valence-corrected chi connectivity index (χ3v) is 5.80. The number of carboxylic acid groups (broad SMARTS) is 1. The van der Waals surface area contributed by atoms with Crippen molar-refractivity contribution in [3.8, 4) is 17.1 Å². The molecule has 0 unspecified atom stereocenters. The van der Waals surface area contributed by atoms with E-state index >= 15 is 0 Å². The fourth-order valence-corrected chi connectivity index (χ4v) is 3.95. The molecule has 0 bridgehead atoms. The lowest BCUT2D eigenvalue weighted by molar-refractivity contribution is -0.160. The molecule has 1 aliphatic heterocycles. The molecule has 8 nitrogen and oxygen atoms in total. The van der Waals surface area contributed by atoms with Crippen LogP contribution in [-0.4, -0.2) is 52.1 Å². The number of pyridine rings is 1. The summed E-state index contributed by atoms with van der Waals surface area (Å²) in [4.78, 5) is 19.2. The van der Waals surface area contributed by atoms with Crippen LogP contribution < -0.4 is 9.64 Å². The van der Waals surface area contributed by atoms with Crippen molar-refractivity contribution in [3.63, 3.8) is 0 Å². The van der Waals surface area contributed by atoms with Crippen LogP contribution in [0.1, 0.15) is 64.8 Å². The second-order valence-corrected chi connectivity index (χ2v) is 10.1. The molecular weight excluding hydrogens is 408 g/mol. The Kier molecular flexibility index (Phi) is 6.74. The molecular formula is C24H34N4O4. The number of anilines is 1. The quantitative estimate of drug-likeness (QED) is 0.702. The molecule has 3 rings (SSSR count). The number of hydrogen-bond donors (Lipinski definition) is 1. The Balaban J connectivity index is 2.21. The maximum Gasteiger partial charge on any atom is 0.337 e. The number of piperidine rings is 1. The molecule has 2 aromatic rings. The number of aryl methyl sites for hydroxylation is 1. The predicted octanol–water partition coefficient (Wildman–Crippen LogP) is 4.42. The molecule has 174 valence electrons. The number of rotatable bonds is 6. The summed E-state index contributed by atoms with van der Waals surface area (Å²) in [7, 11) is 1.54. The number of aliphatic carboxylic acids is 1. The lowest BCUT2D eigenvalue weighted by atomic mass is 9.82. The number of hydrogen-bond acceptors (Lipinski definition) is 7. The van der Waals surface area contributed by atoms with E-state index in [9.17, 15) is 9.90 Å². The zero-order valence-electron chi connectivity index (χ0n) is 20.1. The molecule has 1 atom stereocenters. The normalized spacial score (nSPS) is 17.2. The summed E-state index contributed by atoms with van der Waals surface area (Å²) in [5.41, 5.74) is 2.96. The van der Waals surface area contributed by atoms with Gasteiger partial charge in [0.1, 0.15) is 0 Å². The van der Waals surface area contributed by atoms with Gasteiger partial charge < -0.3 is 19.5 Å². The second kappa shape index (κ2) is 9.02. The van der Waals surface area contributed by atoms with E-state index in [2.05, 4.69) is 33.9 Å². The number of carbonyl (C=O) groups is 1. The van der Waals surface area contributed by atoms with Crippen LogP contribution >= 0.6 is 0 Å². The van der Waals surface area contributed by atoms with Crippen molar-refractivity contribution in [3.05, 3.63) is 29.6 Å². The summed E-state index contributed by atoms with van der Waals surface area (Å²) in [5, 5.41) is 18.6. The number of nitrogens with zero attached hydrogens (tertiary/aromatic N) is 4. The first-order valence-electron chi connectivity index (χ1n) is 10.9. The van der Waals surface area contributed by atoms with E-state index in [1.54, 1.807) is 12.3 Å². The Morgan fingerprint density at radius 2 is 1.84 bits per heavy atom. The lowest BCUT2D eigenvalue weighted by Crippen LogP contribution is -2.39. The van der Waals surface area contributed by atoms with Crippen molar-refractivity contribution in [2.75, 3.05) is 25.1 Å². The molecule has 1 aliphatic rings. The molecule has 32 heavy (non-hydrogen) atoms. The molecule has 3 heterocycles. The maximum absolute atomic E-state index is 12.4. The second-order valence-electron chi connectivity index (χ2n) is 10.1. The van der Waals surface area contributed by atoms with Gasteiger partial charge in [0.05, 0.1) is 24.1 Å². The average Bonchev–Trinajstić information content (AvgIpc) is 2.71. The molecule has 1 saturated heterocycles. The Morgan fingerprint density at radius 3 is 2.34 bits per heavy atom. The minimum atomic E-state index is -1.15. The van der Waals surface area contributed by atoms with Crippen LogP contribution in [0, 0.1) is 12.3 Å². The topological polar surface area (TPSA) is 97.7 Å². The van der Waals surface area contributed by atoms with Gasteiger partial charge in [-0.05, 0) is 52.0 Å². The molecule has 0 spiro atoms. The molecule has 0 aliphatic carbocycles. The molecule has 0 aromatic carbocycles. The molecule has 0 radical (unpaired) electrons. The van der Waals surface area contributed by atoms with Gasteiger partial charge in [-0.1, -0.05) is 13.8 Å². The van der Waals surface area contributed by atoms with E-state index in [4.69, 9.17) is 9.47 Å². The predicted molar refractivity (Wildman–Crippen MR) is 123 cm³/mol. The van der Waals surface area contributed by atoms with Crippen molar-refractivity contribution in [1.29, 1.82) is 0 Å². The highest BCUT2D eigenvalue weighted by Crippen LogP contribution is 2.42. The van der Waals surface area contributed by atoms with E-state index in [-0.39, 0.29) is 5.41 Å². The molecule has 1 fully saturated rings. The van der Waals surface area contributed by atoms with Gasteiger partial charge in [-0.15, -0.1) is 10.2 Å². The molecule has 2 aromatic heterocycles. The first-order chi connectivity index (χ1) is 14.9. The van der Waals surface area contributed by atoms with Gasteiger partial charge in [0.15, 0.2) is 6.10 Å². The first-order valence-corrected chi connectivity index (χ1v) is 10.9. The monoisotopic (exact) mass is 442 g/mol. The van der Waals surface area contributed by atoms with Gasteiger partial charge in [-0.3, -0.25) is 4.98 Å². The van der Waals surface area contributed by atoms with Gasteiger partial charge in [-0.25, -0.2) is 4.79 Å². The summed E-state index contributed by atoms with van der Waals surface area (Å²) in [5.74, 6) is -0.629. The van der Waals surface area contributed by atoms with Crippen molar-refractivity contribution in [1.82, 2.24) is 15.2 Å². The molecule has 8 heteroatoms. The SMILES string of the molecule is COc1ccc(-c2cnc(C)c([C@H](OC(C)(C)C)C(=O)O)c2N2CCC(C)(C)CC2)nn1. The number of carboxylic acids is 1. The summed E-state index contributed by atoms with van der Waals surface area (Å²) in [6, 6.07) is 3.56. The summed E-state index contributed by atoms with van der Waals surface area (Å²) in [6.45, 7) is 13.5. The smallest absolute Gasteiger partial charge is 0.337 e. The van der Waals surface area contributed by atoms with Gasteiger partial charge in [0, 0.05) is 42.2 Å². The first kappa shape index (κ1) is 23.9. The molecule has 0 amide bonds. The number of ether oxygens (including phenoxy) is 2. The van der Waals surface area contributed by atoms with E-state index in [1.807, 2.05) is 33.8 Å². The maximum atomic E-state index is 12.4. The minimum absolute atomic E-state index is 0.243. The van der Waals surface area contributed by atoms with Crippen LogP contribution in [0.3, 0.4) is 0 Å². The fraction of sp³-hybridized carbons (Fsp3) is 0.583.